The second-order valence-electron chi connectivity index (χ2n) is 9.90. The van der Waals surface area contributed by atoms with Gasteiger partial charge in [0.05, 0.1) is 29.9 Å². The van der Waals surface area contributed by atoms with Gasteiger partial charge in [-0.15, -0.1) is 0 Å². The maximum absolute atomic E-state index is 15.2. The van der Waals surface area contributed by atoms with Crippen molar-refractivity contribution in [1.82, 2.24) is 23.8 Å². The van der Waals surface area contributed by atoms with Crippen molar-refractivity contribution in [3.63, 3.8) is 0 Å². The smallest absolute Gasteiger partial charge is 0.269 e. The highest BCUT2D eigenvalue weighted by Gasteiger charge is 2.24. The number of rotatable bonds is 6. The van der Waals surface area contributed by atoms with Crippen LogP contribution >= 0.6 is 0 Å². The molecule has 1 aromatic carbocycles. The first-order valence-electron chi connectivity index (χ1n) is 12.7. The van der Waals surface area contributed by atoms with Crippen LogP contribution in [0.15, 0.2) is 47.5 Å². The highest BCUT2D eigenvalue weighted by Crippen LogP contribution is 2.29. The summed E-state index contributed by atoms with van der Waals surface area (Å²) < 4.78 is 56.3. The zero-order chi connectivity index (χ0) is 29.5. The first-order valence-corrected chi connectivity index (χ1v) is 14.6. The Morgan fingerprint density at radius 1 is 1.02 bits per heavy atom. The Hall–Kier alpha value is -4.48. The van der Waals surface area contributed by atoms with Crippen LogP contribution in [0, 0.1) is 23.0 Å². The lowest BCUT2D eigenvalue weighted by atomic mass is 10.0. The van der Waals surface area contributed by atoms with Gasteiger partial charge in [0, 0.05) is 43.2 Å². The van der Waals surface area contributed by atoms with Gasteiger partial charge in [-0.05, 0) is 44.2 Å². The Morgan fingerprint density at radius 3 is 2.37 bits per heavy atom. The maximum atomic E-state index is 15.2. The fourth-order valence-electron chi connectivity index (χ4n) is 4.79. The van der Waals surface area contributed by atoms with Crippen LogP contribution in [-0.4, -0.2) is 64.7 Å². The molecule has 0 amide bonds. The molecule has 3 aromatic heterocycles. The molecule has 212 valence electrons. The van der Waals surface area contributed by atoms with Crippen LogP contribution in [0.2, 0.25) is 0 Å². The summed E-state index contributed by atoms with van der Waals surface area (Å²) in [6.45, 7) is 5.27. The quantitative estimate of drug-likeness (QED) is 0.364. The summed E-state index contributed by atoms with van der Waals surface area (Å²) >= 11 is 0. The van der Waals surface area contributed by atoms with Gasteiger partial charge in [0.15, 0.2) is 5.82 Å². The molecule has 1 N–H and O–H groups in total. The number of nitrogens with zero attached hydrogens (tertiary/aromatic N) is 7. The van der Waals surface area contributed by atoms with Gasteiger partial charge in [-0.1, -0.05) is 0 Å². The average Bonchev–Trinajstić information content (AvgIpc) is 2.93. The first-order chi connectivity index (χ1) is 19.5. The van der Waals surface area contributed by atoms with E-state index in [1.807, 2.05) is 11.0 Å². The Bertz CT molecular complexity index is 1850. The minimum absolute atomic E-state index is 0.0185. The van der Waals surface area contributed by atoms with Crippen LogP contribution in [0.3, 0.4) is 0 Å². The topological polar surface area (TPSA) is 137 Å². The van der Waals surface area contributed by atoms with Crippen molar-refractivity contribution in [3.05, 3.63) is 70.3 Å². The Kier molecular flexibility index (Phi) is 7.41. The van der Waals surface area contributed by atoms with Crippen molar-refractivity contribution in [2.24, 2.45) is 0 Å². The van der Waals surface area contributed by atoms with E-state index < -0.39 is 33.3 Å². The van der Waals surface area contributed by atoms with Crippen molar-refractivity contribution in [2.75, 3.05) is 42.7 Å². The zero-order valence-corrected chi connectivity index (χ0v) is 23.3. The molecule has 41 heavy (non-hydrogen) atoms. The van der Waals surface area contributed by atoms with Crippen LogP contribution in [-0.2, 0) is 10.0 Å². The number of sulfonamides is 1. The fourth-order valence-corrected chi connectivity index (χ4v) is 5.62. The molecule has 0 unspecified atom stereocenters. The number of aromatic nitrogens is 4. The number of nitrogens with one attached hydrogen (secondary N) is 1. The highest BCUT2D eigenvalue weighted by atomic mass is 32.2. The molecule has 0 radical (unpaired) electrons. The van der Waals surface area contributed by atoms with Gasteiger partial charge < -0.3 is 14.8 Å². The van der Waals surface area contributed by atoms with Gasteiger partial charge in [-0.2, -0.15) is 9.57 Å². The second kappa shape index (κ2) is 10.8. The van der Waals surface area contributed by atoms with Crippen LogP contribution in [0.25, 0.3) is 22.2 Å². The van der Waals surface area contributed by atoms with Crippen molar-refractivity contribution in [2.45, 2.75) is 19.9 Å². The van der Waals surface area contributed by atoms with Crippen molar-refractivity contribution in [1.29, 1.82) is 5.26 Å². The molecule has 14 heteroatoms. The molecule has 4 aromatic rings. The van der Waals surface area contributed by atoms with Gasteiger partial charge in [0.2, 0.25) is 16.0 Å². The minimum Gasteiger partial charge on any atom is -0.368 e. The molecule has 1 aliphatic rings. The van der Waals surface area contributed by atoms with E-state index >= 15 is 4.39 Å². The number of halogens is 2. The van der Waals surface area contributed by atoms with E-state index in [1.54, 1.807) is 32.2 Å². The molecule has 0 saturated carbocycles. The third-order valence-corrected chi connectivity index (χ3v) is 8.12. The molecule has 0 aliphatic carbocycles. The largest absolute Gasteiger partial charge is 0.368 e. The van der Waals surface area contributed by atoms with Gasteiger partial charge in [0.25, 0.3) is 5.56 Å². The first kappa shape index (κ1) is 28.1. The van der Waals surface area contributed by atoms with Crippen LogP contribution in [0.1, 0.15) is 25.5 Å². The normalized spacial score (nSPS) is 14.4. The molecule has 1 saturated heterocycles. The molecular weight excluding hydrogens is 554 g/mol. The molecule has 1 aliphatic heterocycles. The summed E-state index contributed by atoms with van der Waals surface area (Å²) in [4.78, 5) is 27.4. The Labute approximate surface area is 234 Å². The van der Waals surface area contributed by atoms with E-state index in [0.717, 1.165) is 18.0 Å². The highest BCUT2D eigenvalue weighted by molar-refractivity contribution is 7.88. The number of nitriles is 1. The number of benzene rings is 1. The van der Waals surface area contributed by atoms with Gasteiger partial charge in [0.1, 0.15) is 29.0 Å². The molecule has 0 atom stereocenters. The van der Waals surface area contributed by atoms with Crippen LogP contribution in [0.5, 0.6) is 0 Å². The van der Waals surface area contributed by atoms with Crippen molar-refractivity contribution in [3.8, 4) is 17.3 Å². The lowest BCUT2D eigenvalue weighted by Gasteiger charge is -2.34. The van der Waals surface area contributed by atoms with Crippen LogP contribution in [0.4, 0.5) is 26.2 Å². The molecule has 1 fully saturated rings. The van der Waals surface area contributed by atoms with Crippen molar-refractivity contribution >= 4 is 38.4 Å². The average molecular weight is 581 g/mol. The number of hydrogen-bond donors (Lipinski definition) is 1. The lowest BCUT2D eigenvalue weighted by Crippen LogP contribution is -2.48. The number of anilines is 3. The maximum Gasteiger partial charge on any atom is 0.269 e. The van der Waals surface area contributed by atoms with E-state index in [4.69, 9.17) is 0 Å². The molecule has 5 rings (SSSR count). The summed E-state index contributed by atoms with van der Waals surface area (Å²) in [5, 5.41) is 12.3. The van der Waals surface area contributed by atoms with E-state index in [-0.39, 0.29) is 33.7 Å². The summed E-state index contributed by atoms with van der Waals surface area (Å²) in [5.74, 6) is -1.13. The van der Waals surface area contributed by atoms with E-state index in [2.05, 4.69) is 20.3 Å². The van der Waals surface area contributed by atoms with E-state index in [9.17, 15) is 22.9 Å². The second-order valence-corrected chi connectivity index (χ2v) is 11.9. The number of piperazine rings is 1. The lowest BCUT2D eigenvalue weighted by molar-refractivity contribution is 0.388. The number of pyridine rings is 2. The molecular formula is C27H26F2N8O3S. The fraction of sp³-hybridized carbons (Fsp3) is 0.296. The third-order valence-electron chi connectivity index (χ3n) is 6.82. The zero-order valence-electron chi connectivity index (χ0n) is 22.5. The molecule has 0 bridgehead atoms. The summed E-state index contributed by atoms with van der Waals surface area (Å²) in [7, 11) is -3.23. The molecule has 11 nitrogen and oxygen atoms in total. The predicted octanol–water partition coefficient (Wildman–Crippen LogP) is 3.41. The summed E-state index contributed by atoms with van der Waals surface area (Å²) in [6.07, 6.45) is 3.78. The van der Waals surface area contributed by atoms with E-state index in [1.165, 1.54) is 27.3 Å². The van der Waals surface area contributed by atoms with Gasteiger partial charge >= 0.3 is 0 Å². The predicted molar refractivity (Wildman–Crippen MR) is 150 cm³/mol. The number of hydrogen-bond acceptors (Lipinski definition) is 9. The van der Waals surface area contributed by atoms with Crippen LogP contribution < -0.4 is 15.8 Å². The minimum atomic E-state index is -3.23. The standard InChI is InChI=1S/C27H26F2N8O3S/c1-16(2)37-23-12-17(11-21(28)20(23)10-18(13-30)26(37)38)25-22(29)15-32-27(34-25)33-24-5-4-19(14-31-24)35-6-8-36(9-7-35)41(3,39)40/h4-5,10-12,14-16H,6-9H2,1-3H3,(H,31,32,33,34). The monoisotopic (exact) mass is 580 g/mol. The third kappa shape index (κ3) is 5.59. The SMILES string of the molecule is CC(C)n1c(=O)c(C#N)cc2c(F)cc(-c3nc(Nc4ccc(N5CCN(S(C)(=O)=O)CC5)cn4)ncc3F)cc21. The van der Waals surface area contributed by atoms with Gasteiger partial charge in [-0.25, -0.2) is 32.2 Å². The summed E-state index contributed by atoms with van der Waals surface area (Å²) in [6, 6.07) is 8.68. The van der Waals surface area contributed by atoms with E-state index in [0.29, 0.717) is 32.0 Å². The molecule has 4 heterocycles. The van der Waals surface area contributed by atoms with Gasteiger partial charge in [-0.3, -0.25) is 4.79 Å². The summed E-state index contributed by atoms with van der Waals surface area (Å²) in [5.41, 5.74) is 0.174. The van der Waals surface area contributed by atoms with Crippen molar-refractivity contribution < 1.29 is 17.2 Å². The Morgan fingerprint density at radius 2 is 1.76 bits per heavy atom. The Balaban J connectivity index is 1.42. The number of fused-ring (bicyclic) bond motifs is 1. The molecule has 0 spiro atoms.